The molecule has 0 spiro atoms. The van der Waals surface area contributed by atoms with Crippen LogP contribution in [0.5, 0.6) is 0 Å². The second-order valence-corrected chi connectivity index (χ2v) is 6.77. The molecule has 1 N–H and O–H groups in total. The molecule has 0 aliphatic carbocycles. The monoisotopic (exact) mass is 364 g/mol. The summed E-state index contributed by atoms with van der Waals surface area (Å²) in [4.78, 5) is 23.6. The van der Waals surface area contributed by atoms with Crippen LogP contribution in [0.15, 0.2) is 47.4 Å². The second-order valence-electron chi connectivity index (χ2n) is 5.16. The van der Waals surface area contributed by atoms with Crippen molar-refractivity contribution in [1.29, 1.82) is 0 Å². The van der Waals surface area contributed by atoms with Crippen molar-refractivity contribution in [2.45, 2.75) is 24.7 Å². The summed E-state index contributed by atoms with van der Waals surface area (Å²) >= 11 is 7.49. The molecule has 0 aliphatic heterocycles. The van der Waals surface area contributed by atoms with Gasteiger partial charge in [0.25, 0.3) is 5.69 Å². The van der Waals surface area contributed by atoms with E-state index in [-0.39, 0.29) is 11.6 Å². The molecule has 2 aromatic carbocycles. The van der Waals surface area contributed by atoms with E-state index in [1.165, 1.54) is 6.07 Å². The van der Waals surface area contributed by atoms with Crippen LogP contribution in [0.2, 0.25) is 5.02 Å². The van der Waals surface area contributed by atoms with E-state index in [0.717, 1.165) is 10.6 Å². The van der Waals surface area contributed by atoms with Gasteiger partial charge in [-0.05, 0) is 49.4 Å². The van der Waals surface area contributed by atoms with Gasteiger partial charge in [-0.15, -0.1) is 11.8 Å². The van der Waals surface area contributed by atoms with Crippen molar-refractivity contribution in [3.63, 3.8) is 0 Å². The Balaban J connectivity index is 1.80. The van der Waals surface area contributed by atoms with Crippen molar-refractivity contribution in [2.24, 2.45) is 0 Å². The summed E-state index contributed by atoms with van der Waals surface area (Å²) in [6, 6.07) is 12.2. The fraction of sp³-hybridized carbons (Fsp3) is 0.235. The molecule has 2 aromatic rings. The number of nitrogens with one attached hydrogen (secondary N) is 1. The molecular weight excluding hydrogens is 348 g/mol. The summed E-state index contributed by atoms with van der Waals surface area (Å²) in [5.74, 6) is 0.665. The highest BCUT2D eigenvalue weighted by Crippen LogP contribution is 2.25. The highest BCUT2D eigenvalue weighted by atomic mass is 35.5. The third kappa shape index (κ3) is 5.25. The van der Waals surface area contributed by atoms with E-state index in [9.17, 15) is 14.9 Å². The van der Waals surface area contributed by atoms with Gasteiger partial charge in [-0.2, -0.15) is 0 Å². The van der Waals surface area contributed by atoms with Crippen molar-refractivity contribution in [3.8, 4) is 0 Å². The highest BCUT2D eigenvalue weighted by molar-refractivity contribution is 7.99. The summed E-state index contributed by atoms with van der Waals surface area (Å²) in [5, 5.41) is 14.3. The molecule has 0 unspecified atom stereocenters. The molecule has 5 nitrogen and oxygen atoms in total. The topological polar surface area (TPSA) is 72.2 Å². The van der Waals surface area contributed by atoms with Crippen LogP contribution < -0.4 is 5.32 Å². The van der Waals surface area contributed by atoms with Crippen LogP contribution in [-0.2, 0) is 4.79 Å². The van der Waals surface area contributed by atoms with Crippen LogP contribution in [0.4, 0.5) is 11.4 Å². The normalized spacial score (nSPS) is 10.4. The summed E-state index contributed by atoms with van der Waals surface area (Å²) in [5.41, 5.74) is 0.956. The van der Waals surface area contributed by atoms with E-state index >= 15 is 0 Å². The zero-order valence-electron chi connectivity index (χ0n) is 13.1. The van der Waals surface area contributed by atoms with Gasteiger partial charge >= 0.3 is 0 Å². The molecule has 0 saturated heterocycles. The summed E-state index contributed by atoms with van der Waals surface area (Å²) in [6.07, 6.45) is 1.08. The molecule has 0 radical (unpaired) electrons. The predicted octanol–water partition coefficient (Wildman–Crippen LogP) is 5.07. The summed E-state index contributed by atoms with van der Waals surface area (Å²) < 4.78 is 0. The molecule has 0 fully saturated rings. The van der Waals surface area contributed by atoms with E-state index < -0.39 is 4.92 Å². The smallest absolute Gasteiger partial charge is 0.274 e. The Labute approximate surface area is 149 Å². The number of nitrogens with zero attached hydrogens (tertiary/aromatic N) is 1. The zero-order valence-corrected chi connectivity index (χ0v) is 14.7. The zero-order chi connectivity index (χ0) is 17.5. The third-order valence-electron chi connectivity index (χ3n) is 3.41. The van der Waals surface area contributed by atoms with Crippen LogP contribution in [0, 0.1) is 17.0 Å². The van der Waals surface area contributed by atoms with E-state index in [0.29, 0.717) is 29.1 Å². The number of thioether (sulfide) groups is 1. The Bertz CT molecular complexity index is 735. The Morgan fingerprint density at radius 1 is 1.25 bits per heavy atom. The molecular formula is C17H17ClN2O3S. The first-order chi connectivity index (χ1) is 11.5. The van der Waals surface area contributed by atoms with Crippen molar-refractivity contribution in [2.75, 3.05) is 11.1 Å². The lowest BCUT2D eigenvalue weighted by atomic mass is 10.1. The molecule has 7 heteroatoms. The Morgan fingerprint density at radius 2 is 1.96 bits per heavy atom. The van der Waals surface area contributed by atoms with E-state index in [1.807, 2.05) is 24.3 Å². The first-order valence-corrected chi connectivity index (χ1v) is 8.76. The SMILES string of the molecule is Cc1c(NC(=O)CCCSc2ccc(Cl)cc2)cccc1[N+](=O)[O-]. The van der Waals surface area contributed by atoms with Gasteiger partial charge in [0.15, 0.2) is 0 Å². The third-order valence-corrected chi connectivity index (χ3v) is 4.76. The van der Waals surface area contributed by atoms with Crippen molar-refractivity contribution in [3.05, 3.63) is 63.2 Å². The molecule has 24 heavy (non-hydrogen) atoms. The minimum Gasteiger partial charge on any atom is -0.326 e. The Hall–Kier alpha value is -2.05. The molecule has 1 amide bonds. The van der Waals surface area contributed by atoms with Crippen LogP contribution in [0.3, 0.4) is 0 Å². The van der Waals surface area contributed by atoms with Gasteiger partial charge in [-0.1, -0.05) is 17.7 Å². The Morgan fingerprint density at radius 3 is 2.62 bits per heavy atom. The largest absolute Gasteiger partial charge is 0.326 e. The predicted molar refractivity (Wildman–Crippen MR) is 97.9 cm³/mol. The number of carbonyl (C=O) groups is 1. The number of carbonyl (C=O) groups excluding carboxylic acids is 1. The van der Waals surface area contributed by atoms with Crippen molar-refractivity contribution < 1.29 is 9.72 Å². The summed E-state index contributed by atoms with van der Waals surface area (Å²) in [6.45, 7) is 1.63. The molecule has 0 atom stereocenters. The molecule has 0 aromatic heterocycles. The van der Waals surface area contributed by atoms with Gasteiger partial charge in [0, 0.05) is 22.4 Å². The van der Waals surface area contributed by atoms with Crippen molar-refractivity contribution in [1.82, 2.24) is 0 Å². The van der Waals surface area contributed by atoms with Gasteiger partial charge in [0.1, 0.15) is 0 Å². The van der Waals surface area contributed by atoms with Crippen LogP contribution in [0.1, 0.15) is 18.4 Å². The first kappa shape index (κ1) is 18.3. The highest BCUT2D eigenvalue weighted by Gasteiger charge is 2.14. The van der Waals surface area contributed by atoms with Crippen LogP contribution >= 0.6 is 23.4 Å². The second kappa shape index (κ2) is 8.70. The maximum atomic E-state index is 12.0. The standard InChI is InChI=1S/C17H17ClN2O3S/c1-12-15(4-2-5-16(12)20(22)23)19-17(21)6-3-11-24-14-9-7-13(18)8-10-14/h2,4-5,7-10H,3,6,11H2,1H3,(H,19,21). The molecule has 126 valence electrons. The number of anilines is 1. The summed E-state index contributed by atoms with van der Waals surface area (Å²) in [7, 11) is 0. The van der Waals surface area contributed by atoms with Gasteiger partial charge in [0.2, 0.25) is 5.91 Å². The number of hydrogen-bond acceptors (Lipinski definition) is 4. The van der Waals surface area contributed by atoms with Gasteiger partial charge in [-0.25, -0.2) is 0 Å². The number of benzene rings is 2. The molecule has 0 heterocycles. The maximum Gasteiger partial charge on any atom is 0.274 e. The van der Waals surface area contributed by atoms with E-state index in [2.05, 4.69) is 5.32 Å². The number of hydrogen-bond donors (Lipinski definition) is 1. The minimum absolute atomic E-state index is 0.00564. The Kier molecular flexibility index (Phi) is 6.63. The molecule has 0 bridgehead atoms. The van der Waals surface area contributed by atoms with Crippen LogP contribution in [-0.4, -0.2) is 16.6 Å². The van der Waals surface area contributed by atoms with Gasteiger partial charge in [-0.3, -0.25) is 14.9 Å². The number of nitro groups is 1. The number of amides is 1. The van der Waals surface area contributed by atoms with E-state index in [1.54, 1.807) is 30.8 Å². The number of rotatable bonds is 7. The van der Waals surface area contributed by atoms with Crippen LogP contribution in [0.25, 0.3) is 0 Å². The lowest BCUT2D eigenvalue weighted by molar-refractivity contribution is -0.385. The van der Waals surface area contributed by atoms with Gasteiger partial charge in [0.05, 0.1) is 16.2 Å². The molecule has 0 saturated carbocycles. The molecule has 0 aliphatic rings. The number of halogens is 1. The number of nitro benzene ring substituents is 1. The fourth-order valence-electron chi connectivity index (χ4n) is 2.12. The quantitative estimate of drug-likeness (QED) is 0.322. The lowest BCUT2D eigenvalue weighted by Crippen LogP contribution is -2.12. The fourth-order valence-corrected chi connectivity index (χ4v) is 3.10. The first-order valence-electron chi connectivity index (χ1n) is 7.39. The average Bonchev–Trinajstić information content (AvgIpc) is 2.55. The van der Waals surface area contributed by atoms with E-state index in [4.69, 9.17) is 11.6 Å². The molecule has 2 rings (SSSR count). The lowest BCUT2D eigenvalue weighted by Gasteiger charge is -2.08. The minimum atomic E-state index is -0.451. The maximum absolute atomic E-state index is 12.0. The van der Waals surface area contributed by atoms with Crippen molar-refractivity contribution >= 4 is 40.6 Å². The average molecular weight is 365 g/mol. The van der Waals surface area contributed by atoms with Gasteiger partial charge < -0.3 is 5.32 Å².